The molecule has 0 aromatic rings. The van der Waals surface area contributed by atoms with Crippen LogP contribution in [0.25, 0.3) is 0 Å². The van der Waals surface area contributed by atoms with E-state index in [4.69, 9.17) is 27.8 Å². The second-order valence-corrected chi connectivity index (χ2v) is 4.22. The summed E-state index contributed by atoms with van der Waals surface area (Å²) in [4.78, 5) is 0. The highest BCUT2D eigenvalue weighted by molar-refractivity contribution is 5.12. The van der Waals surface area contributed by atoms with E-state index in [2.05, 4.69) is 0 Å². The largest absolute Gasteiger partial charge is 0.482 e. The van der Waals surface area contributed by atoms with Crippen LogP contribution in [-0.2, 0) is 4.74 Å². The molecule has 0 heterocycles. The predicted molar refractivity (Wildman–Crippen MR) is 85.9 cm³/mol. The molecule has 1 atom stereocenters. The fourth-order valence-electron chi connectivity index (χ4n) is 1.23. The van der Waals surface area contributed by atoms with Crippen molar-refractivity contribution in [1.29, 1.82) is 0 Å². The second kappa shape index (κ2) is 13.1. The van der Waals surface area contributed by atoms with Crippen LogP contribution in [0.15, 0.2) is 35.6 Å². The van der Waals surface area contributed by atoms with Crippen LogP contribution in [-0.4, -0.2) is 24.8 Å². The van der Waals surface area contributed by atoms with Crippen molar-refractivity contribution in [2.75, 3.05) is 13.7 Å². The lowest BCUT2D eigenvalue weighted by molar-refractivity contribution is 0.216. The van der Waals surface area contributed by atoms with Crippen molar-refractivity contribution in [2.24, 2.45) is 23.0 Å². The summed E-state index contributed by atoms with van der Waals surface area (Å²) in [5.74, 6) is 5.66. The lowest BCUT2D eigenvalue weighted by Gasteiger charge is -2.17. The summed E-state index contributed by atoms with van der Waals surface area (Å²) >= 11 is 0. The molecule has 0 aromatic heterocycles. The Bertz CT molecular complexity index is 351. The minimum Gasteiger partial charge on any atom is -0.482 e. The van der Waals surface area contributed by atoms with E-state index in [1.165, 1.54) is 13.3 Å². The van der Waals surface area contributed by atoms with E-state index in [-0.39, 0.29) is 18.8 Å². The molecule has 21 heavy (non-hydrogen) atoms. The molecule has 8 N–H and O–H groups in total. The highest BCUT2D eigenvalue weighted by Gasteiger charge is 2.09. The van der Waals surface area contributed by atoms with Gasteiger partial charge in [-0.15, -0.1) is 0 Å². The van der Waals surface area contributed by atoms with E-state index in [0.717, 1.165) is 5.01 Å². The molecular formula is C14H30FN5O. The van der Waals surface area contributed by atoms with Gasteiger partial charge in [-0.05, 0) is 31.9 Å². The molecule has 6 nitrogen and oxygen atoms in total. The van der Waals surface area contributed by atoms with Gasteiger partial charge in [0, 0.05) is 11.4 Å². The maximum Gasteiger partial charge on any atom is 0.201 e. The van der Waals surface area contributed by atoms with Gasteiger partial charge in [0.1, 0.15) is 6.17 Å². The summed E-state index contributed by atoms with van der Waals surface area (Å²) in [5, 5.41) is 1.15. The van der Waals surface area contributed by atoms with Crippen LogP contribution < -0.4 is 23.0 Å². The summed E-state index contributed by atoms with van der Waals surface area (Å²) in [7, 11) is 1.41. The Morgan fingerprint density at radius 2 is 1.81 bits per heavy atom. The highest BCUT2D eigenvalue weighted by atomic mass is 19.1. The van der Waals surface area contributed by atoms with Gasteiger partial charge < -0.3 is 26.9 Å². The standard InChI is InChI=1S/C12H24FN5O.C2H6/c1-9(14)3-5-11(15)6-4-10(13)7-18(17)8-12(16)19-2;1-2/h3,5,8,10H,4,6-7,14-17H2,1-2H3;1-2H3/b9-3-,11-5-,12-8+;. The van der Waals surface area contributed by atoms with E-state index < -0.39 is 6.17 Å². The van der Waals surface area contributed by atoms with Crippen LogP contribution in [0, 0.1) is 0 Å². The van der Waals surface area contributed by atoms with Crippen molar-refractivity contribution in [3.63, 3.8) is 0 Å². The van der Waals surface area contributed by atoms with E-state index in [1.807, 2.05) is 13.8 Å². The Balaban J connectivity index is 0. The lowest BCUT2D eigenvalue weighted by atomic mass is 10.1. The number of halogens is 1. The Morgan fingerprint density at radius 1 is 1.24 bits per heavy atom. The first-order valence-electron chi connectivity index (χ1n) is 6.90. The minimum absolute atomic E-state index is 0.0170. The molecule has 0 fully saturated rings. The van der Waals surface area contributed by atoms with Crippen molar-refractivity contribution >= 4 is 0 Å². The zero-order chi connectivity index (χ0) is 16.8. The summed E-state index contributed by atoms with van der Waals surface area (Å²) in [6, 6.07) is 0. The van der Waals surface area contributed by atoms with Crippen molar-refractivity contribution in [3.8, 4) is 0 Å². The Morgan fingerprint density at radius 3 is 2.29 bits per heavy atom. The molecule has 0 aliphatic rings. The molecule has 124 valence electrons. The molecule has 0 amide bonds. The topological polar surface area (TPSA) is 117 Å². The molecule has 7 heteroatoms. The first kappa shape index (κ1) is 21.4. The van der Waals surface area contributed by atoms with Gasteiger partial charge in [-0.25, -0.2) is 10.2 Å². The molecule has 0 saturated heterocycles. The van der Waals surface area contributed by atoms with Crippen LogP contribution in [0.4, 0.5) is 4.39 Å². The smallest absolute Gasteiger partial charge is 0.201 e. The number of allylic oxidation sites excluding steroid dienone is 4. The number of hydrogen-bond acceptors (Lipinski definition) is 6. The molecule has 0 aromatic carbocycles. The summed E-state index contributed by atoms with van der Waals surface area (Å²) in [5.41, 5.74) is 17.8. The van der Waals surface area contributed by atoms with Gasteiger partial charge in [-0.1, -0.05) is 13.8 Å². The molecule has 0 saturated carbocycles. The van der Waals surface area contributed by atoms with Gasteiger partial charge in [-0.3, -0.25) is 0 Å². The van der Waals surface area contributed by atoms with Crippen molar-refractivity contribution < 1.29 is 9.13 Å². The molecule has 0 rings (SSSR count). The van der Waals surface area contributed by atoms with E-state index in [9.17, 15) is 4.39 Å². The number of hydrogen-bond donors (Lipinski definition) is 4. The van der Waals surface area contributed by atoms with Crippen molar-refractivity contribution in [1.82, 2.24) is 5.01 Å². The summed E-state index contributed by atoms with van der Waals surface area (Å²) in [6.07, 6.45) is 4.27. The van der Waals surface area contributed by atoms with Gasteiger partial charge in [-0.2, -0.15) is 0 Å². The Hall–Kier alpha value is -1.89. The van der Waals surface area contributed by atoms with Crippen LogP contribution in [0.3, 0.4) is 0 Å². The summed E-state index contributed by atoms with van der Waals surface area (Å²) in [6.45, 7) is 5.77. The third kappa shape index (κ3) is 14.3. The monoisotopic (exact) mass is 303 g/mol. The van der Waals surface area contributed by atoms with Gasteiger partial charge >= 0.3 is 0 Å². The predicted octanol–water partition coefficient (Wildman–Crippen LogP) is 1.42. The average molecular weight is 303 g/mol. The van der Waals surface area contributed by atoms with Gasteiger partial charge in [0.2, 0.25) is 5.88 Å². The third-order valence-electron chi connectivity index (χ3n) is 2.24. The number of methoxy groups -OCH3 is 1. The minimum atomic E-state index is -1.11. The SMILES string of the molecule is CC.CO/C(N)=C/N(N)CC(F)CC/C(N)=C/C=C(/C)N. The maximum atomic E-state index is 13.6. The van der Waals surface area contributed by atoms with E-state index in [1.54, 1.807) is 19.1 Å². The first-order valence-corrected chi connectivity index (χ1v) is 6.90. The lowest BCUT2D eigenvalue weighted by Crippen LogP contribution is -2.33. The van der Waals surface area contributed by atoms with Crippen molar-refractivity contribution in [2.45, 2.75) is 39.8 Å². The zero-order valence-electron chi connectivity index (χ0n) is 13.5. The molecule has 0 spiro atoms. The average Bonchev–Trinajstić information content (AvgIpc) is 2.44. The maximum absolute atomic E-state index is 13.6. The second-order valence-electron chi connectivity index (χ2n) is 4.22. The number of hydrazine groups is 1. The molecule has 0 aliphatic carbocycles. The molecule has 0 radical (unpaired) electrons. The Labute approximate surface area is 127 Å². The van der Waals surface area contributed by atoms with E-state index >= 15 is 0 Å². The zero-order valence-corrected chi connectivity index (χ0v) is 13.5. The molecule has 0 aliphatic heterocycles. The van der Waals surface area contributed by atoms with Crippen LogP contribution in [0.2, 0.25) is 0 Å². The van der Waals surface area contributed by atoms with Gasteiger partial charge in [0.15, 0.2) is 0 Å². The third-order valence-corrected chi connectivity index (χ3v) is 2.24. The fourth-order valence-corrected chi connectivity index (χ4v) is 1.23. The number of alkyl halides is 1. The molecule has 1 unspecified atom stereocenters. The van der Waals surface area contributed by atoms with Crippen molar-refractivity contribution in [3.05, 3.63) is 35.6 Å². The first-order chi connectivity index (χ1) is 9.85. The normalized spacial score (nSPS) is 14.1. The van der Waals surface area contributed by atoms with E-state index in [0.29, 0.717) is 17.8 Å². The summed E-state index contributed by atoms with van der Waals surface area (Å²) < 4.78 is 18.3. The van der Waals surface area contributed by atoms with Crippen LogP contribution in [0.1, 0.15) is 33.6 Å². The van der Waals surface area contributed by atoms with Gasteiger partial charge in [0.05, 0.1) is 19.9 Å². The molecule has 0 bridgehead atoms. The highest BCUT2D eigenvalue weighted by Crippen LogP contribution is 2.08. The van der Waals surface area contributed by atoms with Crippen LogP contribution >= 0.6 is 0 Å². The van der Waals surface area contributed by atoms with Gasteiger partial charge in [0.25, 0.3) is 0 Å². The quantitative estimate of drug-likeness (QED) is 0.233. The number of rotatable bonds is 8. The number of nitrogens with two attached hydrogens (primary N) is 4. The number of ether oxygens (including phenoxy) is 1. The Kier molecular flexibility index (Phi) is 13.4. The fraction of sp³-hybridized carbons (Fsp3) is 0.571. The number of nitrogens with zero attached hydrogens (tertiary/aromatic N) is 1. The molecular weight excluding hydrogens is 273 g/mol. The van der Waals surface area contributed by atoms with Crippen LogP contribution in [0.5, 0.6) is 0 Å².